The molecule has 0 atom stereocenters. The number of carbonyl (C=O) groups is 3. The Morgan fingerprint density at radius 3 is 2.31 bits per heavy atom. The van der Waals surface area contributed by atoms with Crippen LogP contribution in [-0.2, 0) is 14.3 Å². The van der Waals surface area contributed by atoms with Crippen molar-refractivity contribution in [2.75, 3.05) is 19.0 Å². The molecule has 2 aromatic carbocycles. The normalized spacial score (nSPS) is 15.1. The molecule has 150 valence electrons. The summed E-state index contributed by atoms with van der Waals surface area (Å²) in [5.74, 6) is -1.70. The molecule has 0 aromatic heterocycles. The number of hydrogen-bond acceptors (Lipinski definition) is 5. The van der Waals surface area contributed by atoms with Crippen LogP contribution in [0.5, 0.6) is 0 Å². The summed E-state index contributed by atoms with van der Waals surface area (Å²) in [6, 6.07) is 11.7. The molecule has 0 fully saturated rings. The lowest BCUT2D eigenvalue weighted by molar-refractivity contribution is -0.131. The number of esters is 1. The molecule has 0 unspecified atom stereocenters. The van der Waals surface area contributed by atoms with Crippen molar-refractivity contribution < 1.29 is 23.5 Å². The van der Waals surface area contributed by atoms with Crippen LogP contribution in [0.4, 0.5) is 10.1 Å². The molecule has 1 N–H and O–H groups in total. The van der Waals surface area contributed by atoms with Gasteiger partial charge in [-0.25, -0.2) is 9.18 Å². The molecule has 2 amide bonds. The summed E-state index contributed by atoms with van der Waals surface area (Å²) in [5.41, 5.74) is 0.592. The van der Waals surface area contributed by atoms with Crippen LogP contribution in [0.2, 0.25) is 0 Å². The van der Waals surface area contributed by atoms with E-state index in [9.17, 15) is 18.8 Å². The van der Waals surface area contributed by atoms with Gasteiger partial charge in [-0.05, 0) is 62.4 Å². The minimum absolute atomic E-state index is 0.185. The van der Waals surface area contributed by atoms with Gasteiger partial charge in [0.25, 0.3) is 5.91 Å². The van der Waals surface area contributed by atoms with Crippen LogP contribution in [0.3, 0.4) is 0 Å². The number of anilines is 1. The van der Waals surface area contributed by atoms with Crippen molar-refractivity contribution in [3.8, 4) is 0 Å². The number of methoxy groups -OCH3 is 1. The average molecular weight is 397 g/mol. The number of benzene rings is 2. The monoisotopic (exact) mass is 397 g/mol. The third-order valence-corrected chi connectivity index (χ3v) is 4.50. The zero-order valence-corrected chi connectivity index (χ0v) is 16.2. The Kier molecular flexibility index (Phi) is 5.45. The van der Waals surface area contributed by atoms with Crippen LogP contribution in [0, 0.1) is 5.82 Å². The van der Waals surface area contributed by atoms with Crippen LogP contribution < -0.4 is 5.32 Å². The Morgan fingerprint density at radius 2 is 1.72 bits per heavy atom. The van der Waals surface area contributed by atoms with Gasteiger partial charge in [0, 0.05) is 11.3 Å². The molecule has 0 bridgehead atoms. The lowest BCUT2D eigenvalue weighted by Gasteiger charge is -2.28. The van der Waals surface area contributed by atoms with Gasteiger partial charge >= 0.3 is 5.97 Å². The molecule has 1 aliphatic heterocycles. The van der Waals surface area contributed by atoms with E-state index in [1.54, 1.807) is 26.0 Å². The number of halogens is 1. The van der Waals surface area contributed by atoms with E-state index in [1.807, 2.05) is 0 Å². The maximum absolute atomic E-state index is 13.2. The number of aliphatic imine (C=N–C) groups is 1. The number of carbonyl (C=O) groups excluding carboxylic acids is 3. The first kappa shape index (κ1) is 20.2. The minimum Gasteiger partial charge on any atom is -0.465 e. The summed E-state index contributed by atoms with van der Waals surface area (Å²) in [7, 11) is 1.29. The van der Waals surface area contributed by atoms with E-state index in [0.717, 1.165) is 0 Å². The topological polar surface area (TPSA) is 88.1 Å². The van der Waals surface area contributed by atoms with E-state index in [1.165, 1.54) is 48.4 Å². The molecular weight excluding hydrogens is 377 g/mol. The summed E-state index contributed by atoms with van der Waals surface area (Å²) < 4.78 is 17.8. The van der Waals surface area contributed by atoms with Crippen LogP contribution in [0.25, 0.3) is 0 Å². The largest absolute Gasteiger partial charge is 0.465 e. The first-order valence-electron chi connectivity index (χ1n) is 8.87. The third kappa shape index (κ3) is 4.31. The Morgan fingerprint density at radius 1 is 1.10 bits per heavy atom. The molecule has 2 aromatic rings. The maximum atomic E-state index is 13.2. The third-order valence-electron chi connectivity index (χ3n) is 4.50. The van der Waals surface area contributed by atoms with Crippen LogP contribution in [0.1, 0.15) is 29.8 Å². The first-order valence-corrected chi connectivity index (χ1v) is 8.87. The van der Waals surface area contributed by atoms with Gasteiger partial charge in [-0.3, -0.25) is 14.6 Å². The predicted molar refractivity (Wildman–Crippen MR) is 105 cm³/mol. The van der Waals surface area contributed by atoms with Crippen molar-refractivity contribution in [2.45, 2.75) is 19.5 Å². The number of nitrogens with one attached hydrogen (secondary N) is 1. The molecule has 0 saturated heterocycles. The lowest BCUT2D eigenvalue weighted by Crippen LogP contribution is -2.46. The van der Waals surface area contributed by atoms with Gasteiger partial charge in [0.05, 0.1) is 12.7 Å². The van der Waals surface area contributed by atoms with Crippen LogP contribution in [0.15, 0.2) is 53.5 Å². The summed E-state index contributed by atoms with van der Waals surface area (Å²) >= 11 is 0. The molecule has 29 heavy (non-hydrogen) atoms. The summed E-state index contributed by atoms with van der Waals surface area (Å²) in [5, 5.41) is 2.69. The zero-order chi connectivity index (χ0) is 21.2. The summed E-state index contributed by atoms with van der Waals surface area (Å²) in [6.45, 7) is 3.23. The van der Waals surface area contributed by atoms with Crippen molar-refractivity contribution in [1.82, 2.24) is 4.90 Å². The maximum Gasteiger partial charge on any atom is 0.337 e. The van der Waals surface area contributed by atoms with E-state index >= 15 is 0 Å². The molecule has 8 heteroatoms. The van der Waals surface area contributed by atoms with E-state index < -0.39 is 29.3 Å². The SMILES string of the molecule is COC(=O)c1ccc(NC(=O)CN2C(=O)C(c3ccc(F)cc3)=NC2(C)C)cc1. The van der Waals surface area contributed by atoms with Gasteiger partial charge in [0.15, 0.2) is 0 Å². The number of amides is 2. The Hall–Kier alpha value is -3.55. The fourth-order valence-corrected chi connectivity index (χ4v) is 2.97. The molecular formula is C21H20FN3O4. The molecule has 0 aliphatic carbocycles. The van der Waals surface area contributed by atoms with E-state index in [4.69, 9.17) is 0 Å². The molecule has 7 nitrogen and oxygen atoms in total. The first-order chi connectivity index (χ1) is 13.7. The summed E-state index contributed by atoms with van der Waals surface area (Å²) in [4.78, 5) is 42.5. The quantitative estimate of drug-likeness (QED) is 0.786. The Bertz CT molecular complexity index is 982. The van der Waals surface area contributed by atoms with Crippen LogP contribution in [-0.4, -0.2) is 47.7 Å². The highest BCUT2D eigenvalue weighted by molar-refractivity contribution is 6.47. The van der Waals surface area contributed by atoms with Crippen molar-refractivity contribution in [1.29, 1.82) is 0 Å². The predicted octanol–water partition coefficient (Wildman–Crippen LogP) is 2.62. The van der Waals surface area contributed by atoms with Crippen molar-refractivity contribution in [3.05, 3.63) is 65.5 Å². The second-order valence-electron chi connectivity index (χ2n) is 6.97. The molecule has 0 spiro atoms. The van der Waals surface area contributed by atoms with Gasteiger partial charge in [-0.1, -0.05) is 0 Å². The molecule has 1 aliphatic rings. The van der Waals surface area contributed by atoms with Gasteiger partial charge in [-0.15, -0.1) is 0 Å². The molecule has 0 saturated carbocycles. The fourth-order valence-electron chi connectivity index (χ4n) is 2.97. The number of hydrogen-bond donors (Lipinski definition) is 1. The van der Waals surface area contributed by atoms with Crippen molar-refractivity contribution >= 4 is 29.2 Å². The molecule has 3 rings (SSSR count). The molecule has 1 heterocycles. The number of ether oxygens (including phenoxy) is 1. The van der Waals surface area contributed by atoms with E-state index in [-0.39, 0.29) is 12.3 Å². The second kappa shape index (κ2) is 7.83. The highest BCUT2D eigenvalue weighted by Crippen LogP contribution is 2.26. The minimum atomic E-state index is -0.924. The molecule has 0 radical (unpaired) electrons. The second-order valence-corrected chi connectivity index (χ2v) is 6.97. The zero-order valence-electron chi connectivity index (χ0n) is 16.2. The van der Waals surface area contributed by atoms with Crippen LogP contribution >= 0.6 is 0 Å². The van der Waals surface area contributed by atoms with Gasteiger partial charge < -0.3 is 15.0 Å². The van der Waals surface area contributed by atoms with Gasteiger partial charge in [0.1, 0.15) is 23.7 Å². The summed E-state index contributed by atoms with van der Waals surface area (Å²) in [6.07, 6.45) is 0. The Labute approximate surface area is 167 Å². The fraction of sp³-hybridized carbons (Fsp3) is 0.238. The van der Waals surface area contributed by atoms with Gasteiger partial charge in [-0.2, -0.15) is 0 Å². The lowest BCUT2D eigenvalue weighted by atomic mass is 10.1. The van der Waals surface area contributed by atoms with Crippen molar-refractivity contribution in [2.24, 2.45) is 4.99 Å². The standard InChI is InChI=1S/C21H20FN3O4/c1-21(2)24-18(13-4-8-15(22)9-5-13)19(27)25(21)12-17(26)23-16-10-6-14(7-11-16)20(28)29-3/h4-11H,12H2,1-3H3,(H,23,26). The van der Waals surface area contributed by atoms with Gasteiger partial charge in [0.2, 0.25) is 5.91 Å². The smallest absolute Gasteiger partial charge is 0.337 e. The highest BCUT2D eigenvalue weighted by atomic mass is 19.1. The highest BCUT2D eigenvalue weighted by Gasteiger charge is 2.41. The van der Waals surface area contributed by atoms with E-state index in [2.05, 4.69) is 15.0 Å². The Balaban J connectivity index is 1.69. The average Bonchev–Trinajstić information content (AvgIpc) is 2.92. The number of rotatable bonds is 5. The number of nitrogens with zero attached hydrogens (tertiary/aromatic N) is 2. The van der Waals surface area contributed by atoms with Crippen molar-refractivity contribution in [3.63, 3.8) is 0 Å². The van der Waals surface area contributed by atoms with E-state index in [0.29, 0.717) is 16.8 Å².